The third kappa shape index (κ3) is 13.2. The zero-order chi connectivity index (χ0) is 50.8. The van der Waals surface area contributed by atoms with Crippen LogP contribution in [0.25, 0.3) is 27.3 Å². The van der Waals surface area contributed by atoms with Gasteiger partial charge in [0, 0.05) is 61.5 Å². The molecule has 4 atom stereocenters. The standard InChI is InChI=1S/C55H68N8O7S/c1-35-15-16-43(50-37(3)60-70-39(50)5)29-47(35)62(45-23-21-44(22-24-45)61-27-25-56-33-61)26-13-11-10-12-14-28-68-32-49(65)59-52(55(7,8)9)54(67)63-31-46(69-40(6)64)30-48(63)53(66)58-36(2)41-17-19-42(20-18-41)51-38(4)57-34-71-51/h15-25,27,29,33-34,36,46,48,52H,10-14,26,28,30-32H2,1-9H3,(H,58,66)(H,59,65)/t36-,46+,48-,52+/m0/s1. The fraction of sp³-hybridized carbons (Fsp3) is 0.436. The molecule has 6 aromatic rings. The summed E-state index contributed by atoms with van der Waals surface area (Å²) in [6.07, 6.45) is 9.65. The minimum absolute atomic E-state index is 0.0289. The molecule has 1 aliphatic rings. The van der Waals surface area contributed by atoms with Crippen molar-refractivity contribution in [1.29, 1.82) is 0 Å². The van der Waals surface area contributed by atoms with Gasteiger partial charge in [-0.1, -0.05) is 81.6 Å². The molecule has 376 valence electrons. The SMILES string of the molecule is CC(=O)O[C@@H]1C[C@@H](C(=O)N[C@@H](C)c2ccc(-c3scnc3C)cc2)N(C(=O)[C@@H](NC(=O)COCCCCCCCN(c2ccc(-n3ccnc3)cc2)c2cc(-c3c(C)noc3C)ccc2C)C(C)(C)C)C1. The number of nitrogens with one attached hydrogen (secondary N) is 2. The molecule has 15 nitrogen and oxygen atoms in total. The zero-order valence-corrected chi connectivity index (χ0v) is 43.3. The van der Waals surface area contributed by atoms with Gasteiger partial charge in [0.25, 0.3) is 0 Å². The minimum Gasteiger partial charge on any atom is -0.461 e. The van der Waals surface area contributed by atoms with Crippen LogP contribution in [0.5, 0.6) is 0 Å². The summed E-state index contributed by atoms with van der Waals surface area (Å²) < 4.78 is 18.9. The Hall–Kier alpha value is -6.65. The molecular formula is C55H68N8O7S. The summed E-state index contributed by atoms with van der Waals surface area (Å²) >= 11 is 1.57. The van der Waals surface area contributed by atoms with E-state index in [4.69, 9.17) is 14.0 Å². The van der Waals surface area contributed by atoms with Gasteiger partial charge in [-0.05, 0) is 105 Å². The lowest BCUT2D eigenvalue weighted by molar-refractivity contribution is -0.147. The van der Waals surface area contributed by atoms with E-state index < -0.39 is 41.4 Å². The molecule has 2 N–H and O–H groups in total. The van der Waals surface area contributed by atoms with Crippen LogP contribution in [0, 0.1) is 33.1 Å². The van der Waals surface area contributed by atoms with E-state index in [1.54, 1.807) is 23.9 Å². The number of likely N-dealkylation sites (tertiary alicyclic amines) is 1. The molecule has 1 aliphatic heterocycles. The number of aryl methyl sites for hydroxylation is 4. The molecule has 3 amide bonds. The zero-order valence-electron chi connectivity index (χ0n) is 42.5. The summed E-state index contributed by atoms with van der Waals surface area (Å²) in [7, 11) is 0. The largest absolute Gasteiger partial charge is 0.461 e. The van der Waals surface area contributed by atoms with Crippen molar-refractivity contribution in [3.63, 3.8) is 0 Å². The predicted molar refractivity (Wildman–Crippen MR) is 277 cm³/mol. The Morgan fingerprint density at radius 2 is 1.62 bits per heavy atom. The highest BCUT2D eigenvalue weighted by Crippen LogP contribution is 2.36. The summed E-state index contributed by atoms with van der Waals surface area (Å²) in [6, 6.07) is 20.8. The topological polar surface area (TPSA) is 174 Å². The third-order valence-electron chi connectivity index (χ3n) is 13.1. The number of unbranched alkanes of at least 4 members (excludes halogenated alkanes) is 4. The Morgan fingerprint density at radius 3 is 2.27 bits per heavy atom. The second-order valence-corrected chi connectivity index (χ2v) is 20.5. The van der Waals surface area contributed by atoms with Crippen LogP contribution in [0.2, 0.25) is 0 Å². The second-order valence-electron chi connectivity index (χ2n) is 19.6. The monoisotopic (exact) mass is 984 g/mol. The number of aromatic nitrogens is 4. The highest BCUT2D eigenvalue weighted by atomic mass is 32.1. The molecule has 0 radical (unpaired) electrons. The van der Waals surface area contributed by atoms with Crippen LogP contribution in [-0.4, -0.2) is 92.8 Å². The number of hydrogen-bond acceptors (Lipinski definition) is 12. The van der Waals surface area contributed by atoms with Gasteiger partial charge in [-0.2, -0.15) is 0 Å². The number of hydrogen-bond donors (Lipinski definition) is 2. The van der Waals surface area contributed by atoms with Crippen molar-refractivity contribution in [2.45, 2.75) is 125 Å². The summed E-state index contributed by atoms with van der Waals surface area (Å²) in [4.78, 5) is 67.2. The lowest BCUT2D eigenvalue weighted by Crippen LogP contribution is -2.58. The van der Waals surface area contributed by atoms with Gasteiger partial charge in [0.15, 0.2) is 0 Å². The Morgan fingerprint density at radius 1 is 0.901 bits per heavy atom. The van der Waals surface area contributed by atoms with Gasteiger partial charge in [-0.3, -0.25) is 19.2 Å². The number of amides is 3. The van der Waals surface area contributed by atoms with Gasteiger partial charge >= 0.3 is 5.97 Å². The summed E-state index contributed by atoms with van der Waals surface area (Å²) in [5, 5.41) is 10.2. The fourth-order valence-corrected chi connectivity index (χ4v) is 10.1. The second kappa shape index (κ2) is 23.5. The van der Waals surface area contributed by atoms with Crippen LogP contribution in [0.15, 0.2) is 95.5 Å². The minimum atomic E-state index is -0.971. The van der Waals surface area contributed by atoms with Crippen molar-refractivity contribution in [2.24, 2.45) is 5.41 Å². The van der Waals surface area contributed by atoms with Crippen molar-refractivity contribution in [3.8, 4) is 27.3 Å². The van der Waals surface area contributed by atoms with Gasteiger partial charge < -0.3 is 39.0 Å². The molecule has 0 bridgehead atoms. The van der Waals surface area contributed by atoms with Crippen molar-refractivity contribution in [2.75, 3.05) is 31.2 Å². The molecule has 0 aliphatic carbocycles. The van der Waals surface area contributed by atoms with Crippen molar-refractivity contribution < 1.29 is 33.2 Å². The van der Waals surface area contributed by atoms with E-state index in [9.17, 15) is 19.2 Å². The Kier molecular flexibility index (Phi) is 17.3. The highest BCUT2D eigenvalue weighted by Gasteiger charge is 2.46. The molecule has 3 aromatic heterocycles. The summed E-state index contributed by atoms with van der Waals surface area (Å²) in [6.45, 7) is 17.8. The first kappa shape index (κ1) is 52.2. The van der Waals surface area contributed by atoms with E-state index in [0.717, 1.165) is 100.0 Å². The first-order valence-corrected chi connectivity index (χ1v) is 25.4. The van der Waals surface area contributed by atoms with Crippen LogP contribution in [0.3, 0.4) is 0 Å². The number of carbonyl (C=O) groups is 4. The molecule has 4 heterocycles. The first-order valence-electron chi connectivity index (χ1n) is 24.5. The number of esters is 1. The summed E-state index contributed by atoms with van der Waals surface area (Å²) in [5.74, 6) is -0.920. The average molecular weight is 985 g/mol. The normalized spacial score (nSPS) is 15.6. The number of imidazole rings is 1. The average Bonchev–Trinajstić information content (AvgIpc) is 4.18. The molecule has 1 saturated heterocycles. The summed E-state index contributed by atoms with van der Waals surface area (Å²) in [5.41, 5.74) is 11.4. The maximum Gasteiger partial charge on any atom is 0.302 e. The Labute approximate surface area is 421 Å². The van der Waals surface area contributed by atoms with Gasteiger partial charge in [0.2, 0.25) is 17.7 Å². The van der Waals surface area contributed by atoms with Crippen LogP contribution in [0.4, 0.5) is 11.4 Å². The first-order chi connectivity index (χ1) is 34.0. The molecule has 16 heteroatoms. The van der Waals surface area contributed by atoms with Crippen molar-refractivity contribution >= 4 is 46.4 Å². The van der Waals surface area contributed by atoms with E-state index in [1.165, 1.54) is 17.4 Å². The lowest BCUT2D eigenvalue weighted by Gasteiger charge is -2.35. The van der Waals surface area contributed by atoms with Gasteiger partial charge in [-0.15, -0.1) is 11.3 Å². The molecule has 0 unspecified atom stereocenters. The Balaban J connectivity index is 0.898. The number of benzene rings is 3. The quantitative estimate of drug-likeness (QED) is 0.0519. The van der Waals surface area contributed by atoms with Gasteiger partial charge in [0.1, 0.15) is 30.6 Å². The maximum atomic E-state index is 14.4. The van der Waals surface area contributed by atoms with E-state index in [2.05, 4.69) is 80.0 Å². The van der Waals surface area contributed by atoms with Crippen molar-refractivity contribution in [3.05, 3.63) is 119 Å². The van der Waals surface area contributed by atoms with Crippen LogP contribution < -0.4 is 15.5 Å². The number of ether oxygens (including phenoxy) is 2. The van der Waals surface area contributed by atoms with E-state index in [1.807, 2.05) is 89.0 Å². The van der Waals surface area contributed by atoms with Gasteiger partial charge in [0.05, 0.1) is 40.7 Å². The number of rotatable bonds is 21. The van der Waals surface area contributed by atoms with Gasteiger partial charge in [-0.25, -0.2) is 9.97 Å². The predicted octanol–water partition coefficient (Wildman–Crippen LogP) is 9.93. The lowest BCUT2D eigenvalue weighted by atomic mass is 9.85. The van der Waals surface area contributed by atoms with Crippen molar-refractivity contribution in [1.82, 2.24) is 35.2 Å². The van der Waals surface area contributed by atoms with E-state index >= 15 is 0 Å². The number of nitrogens with zero attached hydrogens (tertiary/aromatic N) is 6. The molecular weight excluding hydrogens is 917 g/mol. The molecule has 1 fully saturated rings. The molecule has 0 saturated carbocycles. The van der Waals surface area contributed by atoms with Crippen LogP contribution in [-0.2, 0) is 28.7 Å². The maximum absolute atomic E-state index is 14.4. The molecule has 3 aromatic carbocycles. The number of anilines is 2. The molecule has 71 heavy (non-hydrogen) atoms. The number of thiazole rings is 1. The third-order valence-corrected chi connectivity index (χ3v) is 14.0. The highest BCUT2D eigenvalue weighted by molar-refractivity contribution is 7.13. The van der Waals surface area contributed by atoms with E-state index in [-0.39, 0.29) is 31.5 Å². The molecule has 7 rings (SSSR count). The Bertz CT molecular complexity index is 2720. The molecule has 0 spiro atoms. The number of carbonyl (C=O) groups excluding carboxylic acids is 4. The van der Waals surface area contributed by atoms with E-state index in [0.29, 0.717) is 6.61 Å². The van der Waals surface area contributed by atoms with Crippen LogP contribution >= 0.6 is 11.3 Å². The smallest absolute Gasteiger partial charge is 0.302 e. The van der Waals surface area contributed by atoms with Crippen LogP contribution in [0.1, 0.15) is 107 Å². The fourth-order valence-electron chi connectivity index (χ4n) is 9.25.